The molecule has 0 saturated heterocycles. The SMILES string of the molecule is CCCC1CCC[C@@H]2Cc3c(ccc(OC(O)C(C)(C)C)c3OC(=O)C(C)(C)C)C[C@H]2C1. The second-order valence-corrected chi connectivity index (χ2v) is 12.3. The molecule has 4 nitrogen and oxygen atoms in total. The second kappa shape index (κ2) is 9.75. The van der Waals surface area contributed by atoms with Gasteiger partial charge in [-0.2, -0.15) is 0 Å². The molecule has 4 atom stereocenters. The standard InChI is InChI=1S/C28H44O4/c1-8-10-18-11-9-12-19-17-22-20(16-21(19)15-18)13-14-23(31-25(29)27(2,3)4)24(22)32-26(30)28(5,6)7/h13-14,18-19,21,25,29H,8-12,15-17H2,1-7H3/t18?,19-,21-,25?/m1/s1. The molecule has 2 aliphatic carbocycles. The number of fused-ring (bicyclic) bond motifs is 2. The third-order valence-electron chi connectivity index (χ3n) is 7.24. The Morgan fingerprint density at radius 1 is 1.09 bits per heavy atom. The molecule has 2 aliphatic rings. The van der Waals surface area contributed by atoms with Crippen LogP contribution in [0.2, 0.25) is 0 Å². The molecule has 1 fully saturated rings. The van der Waals surface area contributed by atoms with Crippen molar-refractivity contribution in [1.29, 1.82) is 0 Å². The third kappa shape index (κ3) is 5.87. The summed E-state index contributed by atoms with van der Waals surface area (Å²) >= 11 is 0. The van der Waals surface area contributed by atoms with Crippen LogP contribution >= 0.6 is 0 Å². The van der Waals surface area contributed by atoms with Crippen LogP contribution in [0.1, 0.15) is 98.1 Å². The fourth-order valence-electron chi connectivity index (χ4n) is 5.19. The van der Waals surface area contributed by atoms with E-state index in [1.165, 1.54) is 44.1 Å². The van der Waals surface area contributed by atoms with Gasteiger partial charge in [0.15, 0.2) is 11.5 Å². The van der Waals surface area contributed by atoms with Crippen molar-refractivity contribution in [2.45, 2.75) is 106 Å². The van der Waals surface area contributed by atoms with Crippen LogP contribution in [0.5, 0.6) is 11.5 Å². The molecule has 4 heteroatoms. The zero-order chi connectivity index (χ0) is 23.7. The molecule has 1 aromatic rings. The fourth-order valence-corrected chi connectivity index (χ4v) is 5.19. The van der Waals surface area contributed by atoms with E-state index in [1.807, 2.05) is 47.6 Å². The van der Waals surface area contributed by atoms with E-state index in [4.69, 9.17) is 9.47 Å². The summed E-state index contributed by atoms with van der Waals surface area (Å²) in [5.41, 5.74) is 1.33. The van der Waals surface area contributed by atoms with Gasteiger partial charge in [-0.15, -0.1) is 0 Å². The van der Waals surface area contributed by atoms with Crippen molar-refractivity contribution >= 4 is 5.97 Å². The lowest BCUT2D eigenvalue weighted by atomic mass is 9.72. The van der Waals surface area contributed by atoms with Gasteiger partial charge in [-0.05, 0) is 75.8 Å². The summed E-state index contributed by atoms with van der Waals surface area (Å²) in [6.45, 7) is 13.7. The van der Waals surface area contributed by atoms with Gasteiger partial charge in [0.05, 0.1) is 5.41 Å². The van der Waals surface area contributed by atoms with Gasteiger partial charge in [0, 0.05) is 11.0 Å². The molecule has 3 rings (SSSR count). The van der Waals surface area contributed by atoms with Crippen molar-refractivity contribution in [2.75, 3.05) is 0 Å². The van der Waals surface area contributed by atoms with Gasteiger partial charge in [0.1, 0.15) is 0 Å². The van der Waals surface area contributed by atoms with Crippen LogP contribution in [0.4, 0.5) is 0 Å². The number of hydrogen-bond acceptors (Lipinski definition) is 4. The predicted octanol–water partition coefficient (Wildman–Crippen LogP) is 6.70. The molecule has 180 valence electrons. The molecule has 1 saturated carbocycles. The van der Waals surface area contributed by atoms with E-state index in [2.05, 4.69) is 13.0 Å². The molecular weight excluding hydrogens is 400 g/mol. The maximum atomic E-state index is 12.9. The number of carbonyl (C=O) groups is 1. The van der Waals surface area contributed by atoms with Crippen LogP contribution in [-0.4, -0.2) is 17.4 Å². The molecular formula is C28H44O4. The summed E-state index contributed by atoms with van der Waals surface area (Å²) in [6.07, 6.45) is 8.77. The second-order valence-electron chi connectivity index (χ2n) is 12.3. The molecule has 0 bridgehead atoms. The van der Waals surface area contributed by atoms with Crippen molar-refractivity contribution in [2.24, 2.45) is 28.6 Å². The van der Waals surface area contributed by atoms with Gasteiger partial charge in [-0.1, -0.05) is 59.4 Å². The quantitative estimate of drug-likeness (QED) is 0.312. The number of aliphatic hydroxyl groups is 1. The number of aliphatic hydroxyl groups excluding tert-OH is 1. The van der Waals surface area contributed by atoms with Crippen molar-refractivity contribution in [3.05, 3.63) is 23.3 Å². The first-order valence-electron chi connectivity index (χ1n) is 12.6. The number of carbonyl (C=O) groups excluding carboxylic acids is 1. The highest BCUT2D eigenvalue weighted by atomic mass is 16.6. The van der Waals surface area contributed by atoms with E-state index in [0.29, 0.717) is 23.3 Å². The molecule has 1 aromatic carbocycles. The van der Waals surface area contributed by atoms with Crippen LogP contribution in [0, 0.1) is 28.6 Å². The molecule has 0 amide bonds. The van der Waals surface area contributed by atoms with Gasteiger partial charge in [0.2, 0.25) is 6.29 Å². The largest absolute Gasteiger partial charge is 0.461 e. The van der Waals surface area contributed by atoms with E-state index in [9.17, 15) is 9.90 Å². The molecule has 0 radical (unpaired) electrons. The zero-order valence-corrected chi connectivity index (χ0v) is 21.3. The number of hydrogen-bond donors (Lipinski definition) is 1. The first-order valence-corrected chi connectivity index (χ1v) is 12.6. The van der Waals surface area contributed by atoms with Crippen molar-refractivity contribution < 1.29 is 19.4 Å². The van der Waals surface area contributed by atoms with E-state index >= 15 is 0 Å². The Labute approximate surface area is 195 Å². The zero-order valence-electron chi connectivity index (χ0n) is 21.3. The summed E-state index contributed by atoms with van der Waals surface area (Å²) < 4.78 is 12.0. The highest BCUT2D eigenvalue weighted by molar-refractivity contribution is 5.79. The van der Waals surface area contributed by atoms with E-state index < -0.39 is 17.1 Å². The van der Waals surface area contributed by atoms with Gasteiger partial charge in [0.25, 0.3) is 0 Å². The molecule has 2 unspecified atom stereocenters. The van der Waals surface area contributed by atoms with Crippen LogP contribution in [0.25, 0.3) is 0 Å². The Hall–Kier alpha value is -1.55. The normalized spacial score (nSPS) is 24.7. The average Bonchev–Trinajstić information content (AvgIpc) is 2.88. The van der Waals surface area contributed by atoms with Gasteiger partial charge in [-0.25, -0.2) is 0 Å². The van der Waals surface area contributed by atoms with Crippen LogP contribution < -0.4 is 9.47 Å². The van der Waals surface area contributed by atoms with Gasteiger partial charge < -0.3 is 14.6 Å². The summed E-state index contributed by atoms with van der Waals surface area (Å²) in [6, 6.07) is 4.02. The van der Waals surface area contributed by atoms with E-state index in [-0.39, 0.29) is 5.97 Å². The van der Waals surface area contributed by atoms with E-state index in [0.717, 1.165) is 24.3 Å². The Morgan fingerprint density at radius 2 is 1.81 bits per heavy atom. The molecule has 1 N–H and O–H groups in total. The van der Waals surface area contributed by atoms with Crippen molar-refractivity contribution in [3.8, 4) is 11.5 Å². The Bertz CT molecular complexity index is 799. The summed E-state index contributed by atoms with van der Waals surface area (Å²) in [4.78, 5) is 12.9. The van der Waals surface area contributed by atoms with Gasteiger partial charge >= 0.3 is 5.97 Å². The van der Waals surface area contributed by atoms with E-state index in [1.54, 1.807) is 0 Å². The highest BCUT2D eigenvalue weighted by Gasteiger charge is 2.36. The van der Waals surface area contributed by atoms with Crippen molar-refractivity contribution in [1.82, 2.24) is 0 Å². The third-order valence-corrected chi connectivity index (χ3v) is 7.24. The minimum atomic E-state index is -0.989. The lowest BCUT2D eigenvalue weighted by Crippen LogP contribution is -2.33. The first-order chi connectivity index (χ1) is 14.9. The van der Waals surface area contributed by atoms with Crippen LogP contribution in [0.3, 0.4) is 0 Å². The average molecular weight is 445 g/mol. The molecule has 32 heavy (non-hydrogen) atoms. The lowest BCUT2D eigenvalue weighted by Gasteiger charge is -2.35. The molecule has 0 heterocycles. The Morgan fingerprint density at radius 3 is 2.44 bits per heavy atom. The highest BCUT2D eigenvalue weighted by Crippen LogP contribution is 2.47. The molecule has 0 spiro atoms. The fraction of sp³-hybridized carbons (Fsp3) is 0.750. The summed E-state index contributed by atoms with van der Waals surface area (Å²) in [7, 11) is 0. The monoisotopic (exact) mass is 444 g/mol. The Balaban J connectivity index is 1.96. The number of benzene rings is 1. The number of esters is 1. The minimum Gasteiger partial charge on any atom is -0.461 e. The maximum absolute atomic E-state index is 12.9. The smallest absolute Gasteiger partial charge is 0.316 e. The summed E-state index contributed by atoms with van der Waals surface area (Å²) in [5.74, 6) is 2.91. The maximum Gasteiger partial charge on any atom is 0.316 e. The Kier molecular flexibility index (Phi) is 7.64. The molecule has 0 aliphatic heterocycles. The first kappa shape index (κ1) is 25.1. The lowest BCUT2D eigenvalue weighted by molar-refractivity contribution is -0.143. The number of ether oxygens (including phenoxy) is 2. The summed E-state index contributed by atoms with van der Waals surface area (Å²) in [5, 5.41) is 10.6. The van der Waals surface area contributed by atoms with Crippen LogP contribution in [-0.2, 0) is 17.6 Å². The number of rotatable bonds is 5. The van der Waals surface area contributed by atoms with Gasteiger partial charge in [-0.3, -0.25) is 4.79 Å². The van der Waals surface area contributed by atoms with Crippen LogP contribution in [0.15, 0.2) is 12.1 Å². The topological polar surface area (TPSA) is 55.8 Å². The minimum absolute atomic E-state index is 0.271. The molecule has 0 aromatic heterocycles. The van der Waals surface area contributed by atoms with Crippen molar-refractivity contribution in [3.63, 3.8) is 0 Å². The predicted molar refractivity (Wildman–Crippen MR) is 129 cm³/mol.